The highest BCUT2D eigenvalue weighted by molar-refractivity contribution is 5.70. The number of pyridine rings is 2. The van der Waals surface area contributed by atoms with Crippen LogP contribution >= 0.6 is 0 Å². The van der Waals surface area contributed by atoms with Gasteiger partial charge in [0.1, 0.15) is 12.4 Å². The van der Waals surface area contributed by atoms with Crippen molar-refractivity contribution >= 4 is 0 Å². The van der Waals surface area contributed by atoms with Crippen molar-refractivity contribution in [2.24, 2.45) is 11.3 Å². The molecule has 7 heteroatoms. The van der Waals surface area contributed by atoms with Gasteiger partial charge in [-0.3, -0.25) is 0 Å². The van der Waals surface area contributed by atoms with Crippen LogP contribution in [0.1, 0.15) is 68.4 Å². The maximum atomic E-state index is 15.0. The van der Waals surface area contributed by atoms with E-state index in [0.717, 1.165) is 42.4 Å². The number of hydrogen-bond acceptors (Lipinski definition) is 6. The molecular formula is C31H37FN2O4. The molecule has 6 nitrogen and oxygen atoms in total. The average Bonchev–Trinajstić information content (AvgIpc) is 3.28. The Hall–Kier alpha value is -3.03. The lowest BCUT2D eigenvalue weighted by Gasteiger charge is -2.47. The third-order valence-electron chi connectivity index (χ3n) is 8.42. The highest BCUT2D eigenvalue weighted by atomic mass is 19.1. The lowest BCUT2D eigenvalue weighted by molar-refractivity contribution is 0.0155. The molecule has 3 aromatic rings. The minimum absolute atomic E-state index is 0.0774. The first-order chi connectivity index (χ1) is 18.2. The topological polar surface area (TPSA) is 73.7 Å². The number of hydrogen-bond donors (Lipinski definition) is 1. The third-order valence-corrected chi connectivity index (χ3v) is 8.42. The van der Waals surface area contributed by atoms with Crippen LogP contribution in [-0.2, 0) is 23.2 Å². The summed E-state index contributed by atoms with van der Waals surface area (Å²) in [6.07, 6.45) is 7.09. The smallest absolute Gasteiger partial charge is 0.213 e. The number of aliphatic hydroxyl groups excluding tert-OH is 1. The molecule has 1 spiro atoms. The fraction of sp³-hybridized carbons (Fsp3) is 0.484. The number of aliphatic hydroxyl groups is 1. The molecule has 1 fully saturated rings. The summed E-state index contributed by atoms with van der Waals surface area (Å²) in [6.45, 7) is 6.84. The second-order valence-corrected chi connectivity index (χ2v) is 11.7. The number of aromatic nitrogens is 2. The molecule has 1 saturated carbocycles. The van der Waals surface area contributed by atoms with E-state index in [4.69, 9.17) is 14.2 Å². The van der Waals surface area contributed by atoms with Gasteiger partial charge in [-0.05, 0) is 70.9 Å². The lowest BCUT2D eigenvalue weighted by Crippen LogP contribution is -2.44. The van der Waals surface area contributed by atoms with E-state index in [1.807, 2.05) is 24.4 Å². The van der Waals surface area contributed by atoms with Crippen LogP contribution in [0, 0.1) is 17.2 Å². The van der Waals surface area contributed by atoms with E-state index in [-0.39, 0.29) is 23.5 Å². The Labute approximate surface area is 224 Å². The van der Waals surface area contributed by atoms with Gasteiger partial charge in [-0.2, -0.15) is 0 Å². The Kier molecular flexibility index (Phi) is 7.18. The number of ether oxygens (including phenoxy) is 3. The maximum Gasteiger partial charge on any atom is 0.213 e. The van der Waals surface area contributed by atoms with Crippen LogP contribution in [0.2, 0.25) is 0 Å². The fourth-order valence-corrected chi connectivity index (χ4v) is 6.35. The van der Waals surface area contributed by atoms with Gasteiger partial charge in [0.2, 0.25) is 11.8 Å². The van der Waals surface area contributed by atoms with Gasteiger partial charge < -0.3 is 19.3 Å². The van der Waals surface area contributed by atoms with E-state index in [2.05, 4.69) is 36.8 Å². The summed E-state index contributed by atoms with van der Waals surface area (Å²) in [7, 11) is 3.19. The van der Waals surface area contributed by atoms with Gasteiger partial charge in [0.15, 0.2) is 0 Å². The molecule has 2 aliphatic rings. The molecule has 0 saturated heterocycles. The molecule has 2 aromatic heterocycles. The van der Waals surface area contributed by atoms with Crippen molar-refractivity contribution in [3.8, 4) is 22.9 Å². The van der Waals surface area contributed by atoms with Crippen molar-refractivity contribution < 1.29 is 23.7 Å². The van der Waals surface area contributed by atoms with Crippen LogP contribution in [0.4, 0.5) is 4.39 Å². The van der Waals surface area contributed by atoms with E-state index >= 15 is 0 Å². The summed E-state index contributed by atoms with van der Waals surface area (Å²) in [4.78, 5) is 8.56. The number of nitrogens with zero attached hydrogens (tertiary/aromatic N) is 2. The monoisotopic (exact) mass is 520 g/mol. The number of halogens is 1. The molecule has 1 N–H and O–H groups in total. The van der Waals surface area contributed by atoms with Crippen molar-refractivity contribution in [2.75, 3.05) is 20.8 Å². The van der Waals surface area contributed by atoms with Gasteiger partial charge in [-0.25, -0.2) is 14.4 Å². The third kappa shape index (κ3) is 4.67. The van der Waals surface area contributed by atoms with E-state index in [1.165, 1.54) is 24.4 Å². The van der Waals surface area contributed by atoms with Gasteiger partial charge in [0, 0.05) is 43.0 Å². The maximum absolute atomic E-state index is 15.0. The first kappa shape index (κ1) is 26.6. The molecule has 3 unspecified atom stereocenters. The van der Waals surface area contributed by atoms with Crippen molar-refractivity contribution in [1.82, 2.24) is 9.97 Å². The number of aryl methyl sites for hydroxylation is 1. The van der Waals surface area contributed by atoms with Crippen LogP contribution in [0.25, 0.3) is 11.1 Å². The molecule has 0 bridgehead atoms. The Balaban J connectivity index is 1.46. The van der Waals surface area contributed by atoms with E-state index in [1.54, 1.807) is 13.2 Å². The Morgan fingerprint density at radius 1 is 1.05 bits per heavy atom. The highest BCUT2D eigenvalue weighted by Crippen LogP contribution is 2.56. The van der Waals surface area contributed by atoms with Gasteiger partial charge in [0.05, 0.1) is 19.4 Å². The van der Waals surface area contributed by atoms with Crippen molar-refractivity contribution in [1.29, 1.82) is 0 Å². The molecular weight excluding hydrogens is 483 g/mol. The molecule has 0 amide bonds. The summed E-state index contributed by atoms with van der Waals surface area (Å²) in [5.74, 6) is 0.834. The molecule has 202 valence electrons. The largest absolute Gasteiger partial charge is 0.481 e. The normalized spacial score (nSPS) is 21.2. The zero-order chi connectivity index (χ0) is 27.1. The van der Waals surface area contributed by atoms with Gasteiger partial charge >= 0.3 is 0 Å². The quantitative estimate of drug-likeness (QED) is 0.382. The van der Waals surface area contributed by atoms with Gasteiger partial charge in [-0.1, -0.05) is 32.9 Å². The summed E-state index contributed by atoms with van der Waals surface area (Å²) < 4.78 is 32.4. The first-order valence-electron chi connectivity index (χ1n) is 13.3. The molecule has 38 heavy (non-hydrogen) atoms. The second-order valence-electron chi connectivity index (χ2n) is 11.7. The zero-order valence-corrected chi connectivity index (χ0v) is 22.9. The molecule has 5 rings (SSSR count). The van der Waals surface area contributed by atoms with Crippen molar-refractivity contribution in [2.45, 2.75) is 64.6 Å². The summed E-state index contributed by atoms with van der Waals surface area (Å²) in [6, 6.07) is 9.58. The molecule has 2 heterocycles. The summed E-state index contributed by atoms with van der Waals surface area (Å²) in [5.41, 5.74) is 5.34. The van der Waals surface area contributed by atoms with Gasteiger partial charge in [0.25, 0.3) is 0 Å². The average molecular weight is 521 g/mol. The summed E-state index contributed by atoms with van der Waals surface area (Å²) in [5, 5.41) is 9.87. The van der Waals surface area contributed by atoms with Gasteiger partial charge in [-0.15, -0.1) is 0 Å². The minimum Gasteiger partial charge on any atom is -0.481 e. The van der Waals surface area contributed by atoms with Crippen LogP contribution in [0.5, 0.6) is 11.8 Å². The van der Waals surface area contributed by atoms with E-state index in [9.17, 15) is 9.50 Å². The number of benzene rings is 1. The lowest BCUT2D eigenvalue weighted by atomic mass is 9.57. The fourth-order valence-electron chi connectivity index (χ4n) is 6.35. The Morgan fingerprint density at radius 2 is 1.84 bits per heavy atom. The second kappa shape index (κ2) is 10.3. The van der Waals surface area contributed by atoms with Crippen LogP contribution in [0.15, 0.2) is 42.7 Å². The minimum atomic E-state index is -0.423. The molecule has 0 radical (unpaired) electrons. The SMILES string of the molecule is COc1cc(-c2ccc(COc3cc4c(cn3)CCC43CCC3CO)cc2C(OC)C(C)(C)C)c(F)cn1. The Bertz CT molecular complexity index is 1320. The predicted molar refractivity (Wildman–Crippen MR) is 144 cm³/mol. The summed E-state index contributed by atoms with van der Waals surface area (Å²) >= 11 is 0. The molecule has 0 aliphatic heterocycles. The standard InChI is InChI=1S/C31H37FN2O4/c1-30(2,3)29(37-5)24-12-19(6-7-22(24)23-13-27(36-4)34-16-26(23)32)18-38-28-14-25-20(15-33-28)8-10-31(25)11-9-21(31)17-35/h6-7,12-16,21,29,35H,8-11,17-18H2,1-5H3. The van der Waals surface area contributed by atoms with E-state index < -0.39 is 5.82 Å². The van der Waals surface area contributed by atoms with Crippen LogP contribution in [0.3, 0.4) is 0 Å². The van der Waals surface area contributed by atoms with Crippen LogP contribution < -0.4 is 9.47 Å². The van der Waals surface area contributed by atoms with Crippen molar-refractivity contribution in [3.05, 3.63) is 70.8 Å². The highest BCUT2D eigenvalue weighted by Gasteiger charge is 2.51. The number of fused-ring (bicyclic) bond motifs is 2. The van der Waals surface area contributed by atoms with Crippen molar-refractivity contribution in [3.63, 3.8) is 0 Å². The van der Waals surface area contributed by atoms with Crippen LogP contribution in [-0.4, -0.2) is 35.9 Å². The number of rotatable bonds is 8. The first-order valence-corrected chi connectivity index (χ1v) is 13.3. The predicted octanol–water partition coefficient (Wildman–Crippen LogP) is 6.19. The Morgan fingerprint density at radius 3 is 2.50 bits per heavy atom. The molecule has 1 aromatic carbocycles. The molecule has 3 atom stereocenters. The number of methoxy groups -OCH3 is 2. The molecule has 2 aliphatic carbocycles. The zero-order valence-electron chi connectivity index (χ0n) is 22.9. The van der Waals surface area contributed by atoms with E-state index in [0.29, 0.717) is 29.8 Å².